The maximum Gasteiger partial charge on any atom is 0.319 e. The molecule has 1 aromatic rings. The van der Waals surface area contributed by atoms with E-state index in [4.69, 9.17) is 4.74 Å². The molecular weight excluding hydrogens is 216 g/mol. The van der Waals surface area contributed by atoms with Gasteiger partial charge in [0.15, 0.2) is 5.78 Å². The summed E-state index contributed by atoms with van der Waals surface area (Å²) in [5.74, 6) is -0.611. The van der Waals surface area contributed by atoms with Crippen LogP contribution in [0.5, 0.6) is 0 Å². The number of rotatable bonds is 1. The van der Waals surface area contributed by atoms with Gasteiger partial charge < -0.3 is 4.74 Å². The van der Waals surface area contributed by atoms with Crippen molar-refractivity contribution in [2.24, 2.45) is 11.3 Å². The van der Waals surface area contributed by atoms with Gasteiger partial charge in [-0.1, -0.05) is 31.2 Å². The number of Topliss-reactive ketones (excluding diaryl/α,β-unsaturated/α-hetero) is 1. The Labute approximate surface area is 101 Å². The quantitative estimate of drug-likeness (QED) is 0.551. The van der Waals surface area contributed by atoms with E-state index in [0.717, 1.165) is 12.0 Å². The monoisotopic (exact) mass is 232 g/mol. The smallest absolute Gasteiger partial charge is 0.319 e. The van der Waals surface area contributed by atoms with Gasteiger partial charge >= 0.3 is 5.97 Å². The molecule has 90 valence electrons. The molecular formula is C14H16O3. The molecule has 1 aromatic carbocycles. The number of benzene rings is 1. The Bertz CT molecular complexity index is 478. The van der Waals surface area contributed by atoms with Gasteiger partial charge in [0.1, 0.15) is 5.41 Å². The third-order valence-electron chi connectivity index (χ3n) is 3.85. The minimum absolute atomic E-state index is 0.0441. The van der Waals surface area contributed by atoms with Crippen LogP contribution in [-0.4, -0.2) is 18.9 Å². The highest BCUT2D eigenvalue weighted by atomic mass is 16.5. The highest BCUT2D eigenvalue weighted by molar-refractivity contribution is 6.14. The van der Waals surface area contributed by atoms with E-state index in [9.17, 15) is 9.59 Å². The molecule has 0 aromatic heterocycles. The van der Waals surface area contributed by atoms with E-state index in [1.54, 1.807) is 13.0 Å². The van der Waals surface area contributed by atoms with Crippen molar-refractivity contribution in [3.63, 3.8) is 0 Å². The summed E-state index contributed by atoms with van der Waals surface area (Å²) in [7, 11) is 1.33. The van der Waals surface area contributed by atoms with Gasteiger partial charge in [-0.2, -0.15) is 0 Å². The summed E-state index contributed by atoms with van der Waals surface area (Å²) in [5.41, 5.74) is 0.619. The highest BCUT2D eigenvalue weighted by Gasteiger charge is 2.50. The minimum Gasteiger partial charge on any atom is -0.468 e. The number of hydrogen-bond donors (Lipinski definition) is 0. The topological polar surface area (TPSA) is 43.4 Å². The molecule has 17 heavy (non-hydrogen) atoms. The van der Waals surface area contributed by atoms with Gasteiger partial charge in [-0.15, -0.1) is 0 Å². The summed E-state index contributed by atoms with van der Waals surface area (Å²) >= 11 is 0. The van der Waals surface area contributed by atoms with Crippen molar-refractivity contribution >= 4 is 11.8 Å². The second kappa shape index (κ2) is 3.99. The van der Waals surface area contributed by atoms with E-state index >= 15 is 0 Å². The molecule has 0 N–H and O–H groups in total. The lowest BCUT2D eigenvalue weighted by Gasteiger charge is -2.36. The van der Waals surface area contributed by atoms with Gasteiger partial charge in [-0.25, -0.2) is 0 Å². The van der Waals surface area contributed by atoms with Crippen LogP contribution < -0.4 is 0 Å². The van der Waals surface area contributed by atoms with Crippen LogP contribution in [0.3, 0.4) is 0 Å². The molecule has 1 aliphatic carbocycles. The molecule has 1 aliphatic rings. The third-order valence-corrected chi connectivity index (χ3v) is 3.85. The maximum atomic E-state index is 12.4. The first-order valence-corrected chi connectivity index (χ1v) is 5.73. The fraction of sp³-hybridized carbons (Fsp3) is 0.429. The molecule has 3 nitrogen and oxygen atoms in total. The van der Waals surface area contributed by atoms with Crippen LogP contribution in [-0.2, 0) is 16.0 Å². The van der Waals surface area contributed by atoms with Crippen LogP contribution >= 0.6 is 0 Å². The normalized spacial score (nSPS) is 27.5. The molecule has 0 radical (unpaired) electrons. The van der Waals surface area contributed by atoms with Crippen molar-refractivity contribution in [1.82, 2.24) is 0 Å². The predicted molar refractivity (Wildman–Crippen MR) is 63.8 cm³/mol. The summed E-state index contributed by atoms with van der Waals surface area (Å²) in [4.78, 5) is 24.3. The van der Waals surface area contributed by atoms with E-state index in [1.807, 2.05) is 25.1 Å². The van der Waals surface area contributed by atoms with Crippen molar-refractivity contribution in [3.8, 4) is 0 Å². The number of hydrogen-bond acceptors (Lipinski definition) is 3. The third kappa shape index (κ3) is 1.57. The molecule has 0 saturated carbocycles. The van der Waals surface area contributed by atoms with E-state index < -0.39 is 11.4 Å². The summed E-state index contributed by atoms with van der Waals surface area (Å²) in [6.07, 6.45) is 0.730. The fourth-order valence-corrected chi connectivity index (χ4v) is 2.46. The Morgan fingerprint density at radius 3 is 2.71 bits per heavy atom. The maximum absolute atomic E-state index is 12.4. The molecule has 0 heterocycles. The Morgan fingerprint density at radius 2 is 2.06 bits per heavy atom. The van der Waals surface area contributed by atoms with Crippen LogP contribution in [0.4, 0.5) is 0 Å². The summed E-state index contributed by atoms with van der Waals surface area (Å²) < 4.78 is 4.79. The average molecular weight is 232 g/mol. The number of carbonyl (C=O) groups excluding carboxylic acids is 2. The number of methoxy groups -OCH3 is 1. The molecule has 2 atom stereocenters. The lowest BCUT2D eigenvalue weighted by molar-refractivity contribution is -0.151. The number of ketones is 1. The van der Waals surface area contributed by atoms with E-state index in [1.165, 1.54) is 7.11 Å². The van der Waals surface area contributed by atoms with Crippen molar-refractivity contribution in [1.29, 1.82) is 0 Å². The molecule has 0 amide bonds. The van der Waals surface area contributed by atoms with Crippen molar-refractivity contribution in [3.05, 3.63) is 35.4 Å². The second-order valence-corrected chi connectivity index (χ2v) is 4.79. The standard InChI is InChI=1S/C14H16O3/c1-9-8-10-6-4-5-7-11(10)12(15)14(9,2)13(16)17-3/h4-7,9H,8H2,1-3H3. The van der Waals surface area contributed by atoms with Crippen LogP contribution in [0, 0.1) is 11.3 Å². The van der Waals surface area contributed by atoms with E-state index in [-0.39, 0.29) is 11.7 Å². The first-order valence-electron chi connectivity index (χ1n) is 5.73. The lowest BCUT2D eigenvalue weighted by Crippen LogP contribution is -2.46. The van der Waals surface area contributed by atoms with E-state index in [2.05, 4.69) is 0 Å². The van der Waals surface area contributed by atoms with Gasteiger partial charge in [0.05, 0.1) is 7.11 Å². The molecule has 2 rings (SSSR count). The van der Waals surface area contributed by atoms with Gasteiger partial charge in [-0.05, 0) is 24.8 Å². The fourth-order valence-electron chi connectivity index (χ4n) is 2.46. The summed E-state index contributed by atoms with van der Waals surface area (Å²) in [5, 5.41) is 0. The minimum atomic E-state index is -1.05. The van der Waals surface area contributed by atoms with Crippen LogP contribution in [0.15, 0.2) is 24.3 Å². The highest BCUT2D eigenvalue weighted by Crippen LogP contribution is 2.40. The molecule has 3 heteroatoms. The van der Waals surface area contributed by atoms with Gasteiger partial charge in [0.25, 0.3) is 0 Å². The van der Waals surface area contributed by atoms with Crippen molar-refractivity contribution in [2.45, 2.75) is 20.3 Å². The Kier molecular flexibility index (Phi) is 2.77. The van der Waals surface area contributed by atoms with Gasteiger partial charge in [0.2, 0.25) is 0 Å². The Balaban J connectivity index is 2.54. The van der Waals surface area contributed by atoms with Crippen molar-refractivity contribution in [2.75, 3.05) is 7.11 Å². The Hall–Kier alpha value is -1.64. The van der Waals surface area contributed by atoms with Crippen LogP contribution in [0.1, 0.15) is 29.8 Å². The lowest BCUT2D eigenvalue weighted by atomic mass is 9.65. The molecule has 0 bridgehead atoms. The van der Waals surface area contributed by atoms with E-state index in [0.29, 0.717) is 5.56 Å². The number of fused-ring (bicyclic) bond motifs is 1. The molecule has 2 unspecified atom stereocenters. The average Bonchev–Trinajstić information content (AvgIpc) is 2.35. The first-order chi connectivity index (χ1) is 8.01. The van der Waals surface area contributed by atoms with Crippen LogP contribution in [0.25, 0.3) is 0 Å². The number of carbonyl (C=O) groups is 2. The molecule has 0 fully saturated rings. The zero-order chi connectivity index (χ0) is 12.6. The second-order valence-electron chi connectivity index (χ2n) is 4.79. The summed E-state index contributed by atoms with van der Waals surface area (Å²) in [6, 6.07) is 7.47. The zero-order valence-electron chi connectivity index (χ0n) is 10.3. The van der Waals surface area contributed by atoms with Gasteiger partial charge in [0, 0.05) is 5.56 Å². The number of esters is 1. The largest absolute Gasteiger partial charge is 0.468 e. The SMILES string of the molecule is COC(=O)C1(C)C(=O)c2ccccc2CC1C. The summed E-state index contributed by atoms with van der Waals surface area (Å²) in [6.45, 7) is 3.60. The predicted octanol–water partition coefficient (Wildman–Crippen LogP) is 2.24. The van der Waals surface area contributed by atoms with Crippen LogP contribution in [0.2, 0.25) is 0 Å². The first kappa shape index (κ1) is 11.8. The molecule has 0 saturated heterocycles. The molecule has 0 aliphatic heterocycles. The van der Waals surface area contributed by atoms with Crippen molar-refractivity contribution < 1.29 is 14.3 Å². The van der Waals surface area contributed by atoms with Gasteiger partial charge in [-0.3, -0.25) is 9.59 Å². The molecule has 0 spiro atoms. The number of ether oxygens (including phenoxy) is 1. The zero-order valence-corrected chi connectivity index (χ0v) is 10.3. The Morgan fingerprint density at radius 1 is 1.41 bits per heavy atom.